The van der Waals surface area contributed by atoms with E-state index in [1.807, 2.05) is 0 Å². The number of carbonyl (C=O) groups excluding carboxylic acids is 1. The molecule has 0 bridgehead atoms. The molecule has 1 aromatic rings. The molecular formula is C7H13N5O2. The van der Waals surface area contributed by atoms with E-state index in [0.29, 0.717) is 18.1 Å². The van der Waals surface area contributed by atoms with Gasteiger partial charge >= 0.3 is 6.09 Å². The van der Waals surface area contributed by atoms with E-state index in [1.165, 1.54) is 4.80 Å². The number of ether oxygens (including phenoxy) is 1. The minimum absolute atomic E-state index is 0.221. The van der Waals surface area contributed by atoms with Crippen molar-refractivity contribution in [1.29, 1.82) is 0 Å². The van der Waals surface area contributed by atoms with E-state index < -0.39 is 6.09 Å². The van der Waals surface area contributed by atoms with Crippen LogP contribution in [-0.2, 0) is 18.3 Å². The summed E-state index contributed by atoms with van der Waals surface area (Å²) in [6.45, 7) is 2.29. The molecule has 14 heavy (non-hydrogen) atoms. The highest BCUT2D eigenvalue weighted by molar-refractivity contribution is 5.67. The quantitative estimate of drug-likeness (QED) is 0.693. The highest BCUT2D eigenvalue weighted by atomic mass is 16.5. The standard InChI is InChI=1S/C7H13N5O2/c1-3-14-7(13)9-4-5-6(8)11-12(2)10-5/h3-4H2,1-2H3,(H2,8,11)(H,9,13). The average molecular weight is 199 g/mol. The van der Waals surface area contributed by atoms with Gasteiger partial charge in [-0.05, 0) is 6.92 Å². The van der Waals surface area contributed by atoms with E-state index in [9.17, 15) is 4.79 Å². The SMILES string of the molecule is CCOC(=O)NCc1nn(C)nc1N. The van der Waals surface area contributed by atoms with E-state index in [4.69, 9.17) is 5.73 Å². The summed E-state index contributed by atoms with van der Waals surface area (Å²) >= 11 is 0. The van der Waals surface area contributed by atoms with Crippen molar-refractivity contribution in [2.45, 2.75) is 13.5 Å². The third kappa shape index (κ3) is 2.61. The number of carbonyl (C=O) groups is 1. The molecule has 1 rings (SSSR count). The van der Waals surface area contributed by atoms with Crippen LogP contribution in [0.25, 0.3) is 0 Å². The van der Waals surface area contributed by atoms with Crippen LogP contribution in [0.2, 0.25) is 0 Å². The predicted octanol–water partition coefficient (Wildman–Crippen LogP) is -0.357. The lowest BCUT2D eigenvalue weighted by atomic mass is 10.4. The number of hydrogen-bond acceptors (Lipinski definition) is 5. The van der Waals surface area contributed by atoms with Crippen molar-refractivity contribution in [2.24, 2.45) is 7.05 Å². The van der Waals surface area contributed by atoms with Crippen molar-refractivity contribution < 1.29 is 9.53 Å². The fourth-order valence-electron chi connectivity index (χ4n) is 0.926. The van der Waals surface area contributed by atoms with Crippen LogP contribution < -0.4 is 11.1 Å². The van der Waals surface area contributed by atoms with Crippen LogP contribution >= 0.6 is 0 Å². The van der Waals surface area contributed by atoms with Crippen molar-refractivity contribution >= 4 is 11.9 Å². The number of nitrogen functional groups attached to an aromatic ring is 1. The first kappa shape index (κ1) is 10.3. The lowest BCUT2D eigenvalue weighted by molar-refractivity contribution is 0.151. The van der Waals surface area contributed by atoms with Crippen LogP contribution in [0.3, 0.4) is 0 Å². The van der Waals surface area contributed by atoms with E-state index in [1.54, 1.807) is 14.0 Å². The maximum atomic E-state index is 10.9. The first-order valence-electron chi connectivity index (χ1n) is 4.19. The van der Waals surface area contributed by atoms with E-state index in [0.717, 1.165) is 0 Å². The first-order chi connectivity index (χ1) is 6.63. The Morgan fingerprint density at radius 1 is 1.64 bits per heavy atom. The molecular weight excluding hydrogens is 186 g/mol. The number of nitrogens with zero attached hydrogens (tertiary/aromatic N) is 3. The molecule has 0 aliphatic heterocycles. The average Bonchev–Trinajstić information content (AvgIpc) is 2.42. The second kappa shape index (κ2) is 4.45. The van der Waals surface area contributed by atoms with E-state index in [2.05, 4.69) is 20.3 Å². The summed E-state index contributed by atoms with van der Waals surface area (Å²) in [5, 5.41) is 10.3. The Bertz CT molecular complexity index is 322. The molecule has 1 amide bonds. The molecule has 0 aliphatic carbocycles. The van der Waals surface area contributed by atoms with E-state index in [-0.39, 0.29) is 6.54 Å². The van der Waals surface area contributed by atoms with Gasteiger partial charge in [-0.3, -0.25) is 0 Å². The van der Waals surface area contributed by atoms with Crippen LogP contribution in [0.4, 0.5) is 10.6 Å². The Hall–Kier alpha value is -1.79. The van der Waals surface area contributed by atoms with Crippen LogP contribution in [0, 0.1) is 0 Å². The molecule has 1 aromatic heterocycles. The number of nitrogens with one attached hydrogen (secondary N) is 1. The molecule has 0 unspecified atom stereocenters. The van der Waals surface area contributed by atoms with Crippen LogP contribution in [0.1, 0.15) is 12.6 Å². The molecule has 0 spiro atoms. The van der Waals surface area contributed by atoms with Gasteiger partial charge in [0.1, 0.15) is 5.69 Å². The molecule has 7 heteroatoms. The lowest BCUT2D eigenvalue weighted by Gasteiger charge is -2.02. The molecule has 1 heterocycles. The summed E-state index contributed by atoms with van der Waals surface area (Å²) in [7, 11) is 1.66. The summed E-state index contributed by atoms with van der Waals surface area (Å²) in [6, 6.07) is 0. The van der Waals surface area contributed by atoms with Gasteiger partial charge in [-0.2, -0.15) is 9.90 Å². The van der Waals surface area contributed by atoms with E-state index >= 15 is 0 Å². The largest absolute Gasteiger partial charge is 0.450 e. The summed E-state index contributed by atoms with van der Waals surface area (Å²) < 4.78 is 4.66. The number of nitrogens with two attached hydrogens (primary N) is 1. The van der Waals surface area contributed by atoms with Crippen LogP contribution in [-0.4, -0.2) is 27.7 Å². The molecule has 78 valence electrons. The first-order valence-corrected chi connectivity index (χ1v) is 4.19. The molecule has 0 fully saturated rings. The maximum Gasteiger partial charge on any atom is 0.407 e. The van der Waals surface area contributed by atoms with Gasteiger partial charge in [-0.15, -0.1) is 5.10 Å². The Morgan fingerprint density at radius 3 is 2.86 bits per heavy atom. The molecule has 0 radical (unpaired) electrons. The Kier molecular flexibility index (Phi) is 3.27. The van der Waals surface area contributed by atoms with Crippen molar-refractivity contribution in [2.75, 3.05) is 12.3 Å². The number of amides is 1. The zero-order chi connectivity index (χ0) is 10.6. The predicted molar refractivity (Wildman–Crippen MR) is 49.3 cm³/mol. The smallest absolute Gasteiger partial charge is 0.407 e. The molecule has 0 saturated carbocycles. The highest BCUT2D eigenvalue weighted by Crippen LogP contribution is 2.02. The van der Waals surface area contributed by atoms with Gasteiger partial charge in [0, 0.05) is 7.05 Å². The number of aryl methyl sites for hydroxylation is 1. The third-order valence-corrected chi connectivity index (χ3v) is 1.49. The fraction of sp³-hybridized carbons (Fsp3) is 0.571. The summed E-state index contributed by atoms with van der Waals surface area (Å²) in [5.74, 6) is 0.310. The van der Waals surface area contributed by atoms with Gasteiger partial charge in [0.05, 0.1) is 13.2 Å². The number of rotatable bonds is 3. The Balaban J connectivity index is 2.45. The van der Waals surface area contributed by atoms with Crippen molar-refractivity contribution in [3.8, 4) is 0 Å². The zero-order valence-electron chi connectivity index (χ0n) is 8.15. The number of aromatic nitrogens is 3. The molecule has 0 saturated heterocycles. The monoisotopic (exact) mass is 199 g/mol. The molecule has 0 aromatic carbocycles. The summed E-state index contributed by atoms with van der Waals surface area (Å²) in [6.07, 6.45) is -0.488. The second-order valence-corrected chi connectivity index (χ2v) is 2.60. The Labute approximate surface area is 81.2 Å². The highest BCUT2D eigenvalue weighted by Gasteiger charge is 2.07. The minimum Gasteiger partial charge on any atom is -0.450 e. The summed E-state index contributed by atoms with van der Waals surface area (Å²) in [4.78, 5) is 12.3. The molecule has 0 aliphatic rings. The number of hydrogen-bond donors (Lipinski definition) is 2. The molecule has 7 nitrogen and oxygen atoms in total. The zero-order valence-corrected chi connectivity index (χ0v) is 8.15. The van der Waals surface area contributed by atoms with Gasteiger partial charge in [-0.25, -0.2) is 4.79 Å². The lowest BCUT2D eigenvalue weighted by Crippen LogP contribution is -2.24. The van der Waals surface area contributed by atoms with Gasteiger partial charge in [0.2, 0.25) is 0 Å². The second-order valence-electron chi connectivity index (χ2n) is 2.60. The fourth-order valence-corrected chi connectivity index (χ4v) is 0.926. The van der Waals surface area contributed by atoms with Gasteiger partial charge < -0.3 is 15.8 Å². The molecule has 3 N–H and O–H groups in total. The van der Waals surface area contributed by atoms with Crippen molar-refractivity contribution in [3.63, 3.8) is 0 Å². The topological polar surface area (TPSA) is 95.1 Å². The third-order valence-electron chi connectivity index (χ3n) is 1.49. The number of anilines is 1. The minimum atomic E-state index is -0.488. The molecule has 0 atom stereocenters. The maximum absolute atomic E-state index is 10.9. The van der Waals surface area contributed by atoms with Crippen molar-refractivity contribution in [1.82, 2.24) is 20.3 Å². The normalized spacial score (nSPS) is 9.86. The van der Waals surface area contributed by atoms with Crippen molar-refractivity contribution in [3.05, 3.63) is 5.69 Å². The number of alkyl carbamates (subject to hydrolysis) is 1. The van der Waals surface area contributed by atoms with Gasteiger partial charge in [0.25, 0.3) is 0 Å². The summed E-state index contributed by atoms with van der Waals surface area (Å²) in [5.41, 5.74) is 6.04. The van der Waals surface area contributed by atoms with Gasteiger partial charge in [0.15, 0.2) is 5.82 Å². The van der Waals surface area contributed by atoms with Gasteiger partial charge in [-0.1, -0.05) is 0 Å². The van der Waals surface area contributed by atoms with Crippen LogP contribution in [0.5, 0.6) is 0 Å². The van der Waals surface area contributed by atoms with Crippen LogP contribution in [0.15, 0.2) is 0 Å². The Morgan fingerprint density at radius 2 is 2.36 bits per heavy atom.